The summed E-state index contributed by atoms with van der Waals surface area (Å²) in [6.45, 7) is 9.15. The molecule has 1 aromatic carbocycles. The van der Waals surface area contributed by atoms with Crippen molar-refractivity contribution in [2.45, 2.75) is 32.9 Å². The molecule has 2 N–H and O–H groups in total. The standard InChI is InChI=1S/C20H27N5/c1-3-16(2)25-18(14-21)13-19(22)20(25)24-11-9-23(10-12-24)15-17-7-5-4-6-8-17/h4-8,13,16H,3,9-12,15,22H2,1-2H3/t16-/m1/s1. The van der Waals surface area contributed by atoms with Gasteiger partial charge in [-0.15, -0.1) is 0 Å². The highest BCUT2D eigenvalue weighted by atomic mass is 15.3. The summed E-state index contributed by atoms with van der Waals surface area (Å²) in [6, 6.07) is 15.0. The number of hydrogen-bond donors (Lipinski definition) is 1. The molecule has 5 heteroatoms. The van der Waals surface area contributed by atoms with E-state index in [1.54, 1.807) is 0 Å². The van der Waals surface area contributed by atoms with Gasteiger partial charge in [-0.1, -0.05) is 37.3 Å². The second-order valence-electron chi connectivity index (χ2n) is 6.80. The summed E-state index contributed by atoms with van der Waals surface area (Å²) in [4.78, 5) is 4.81. The van der Waals surface area contributed by atoms with Gasteiger partial charge in [0.05, 0.1) is 5.69 Å². The molecule has 0 aliphatic carbocycles. The van der Waals surface area contributed by atoms with Crippen LogP contribution in [0.5, 0.6) is 0 Å². The molecule has 1 aromatic heterocycles. The van der Waals surface area contributed by atoms with Crippen molar-refractivity contribution in [3.05, 3.63) is 47.7 Å². The van der Waals surface area contributed by atoms with Gasteiger partial charge in [-0.05, 0) is 25.0 Å². The number of benzene rings is 1. The van der Waals surface area contributed by atoms with Gasteiger partial charge in [0.15, 0.2) is 0 Å². The van der Waals surface area contributed by atoms with Gasteiger partial charge in [0, 0.05) is 38.8 Å². The summed E-state index contributed by atoms with van der Waals surface area (Å²) in [5.74, 6) is 1.02. The quantitative estimate of drug-likeness (QED) is 0.910. The zero-order valence-corrected chi connectivity index (χ0v) is 15.2. The number of nitriles is 1. The third-order valence-electron chi connectivity index (χ3n) is 5.11. The summed E-state index contributed by atoms with van der Waals surface area (Å²) < 4.78 is 2.11. The topological polar surface area (TPSA) is 61.2 Å². The largest absolute Gasteiger partial charge is 0.396 e. The third-order valence-corrected chi connectivity index (χ3v) is 5.11. The molecule has 0 radical (unpaired) electrons. The zero-order chi connectivity index (χ0) is 17.8. The van der Waals surface area contributed by atoms with Crippen LogP contribution in [0.15, 0.2) is 36.4 Å². The Morgan fingerprint density at radius 1 is 1.16 bits per heavy atom. The summed E-state index contributed by atoms with van der Waals surface area (Å²) in [6.07, 6.45) is 0.976. The molecular weight excluding hydrogens is 310 g/mol. The van der Waals surface area contributed by atoms with Crippen molar-refractivity contribution >= 4 is 11.5 Å². The molecule has 132 valence electrons. The lowest BCUT2D eigenvalue weighted by atomic mass is 10.2. The number of nitrogen functional groups attached to an aromatic ring is 1. The Hall–Kier alpha value is -2.45. The van der Waals surface area contributed by atoms with Crippen molar-refractivity contribution in [1.29, 1.82) is 5.26 Å². The number of piperazine rings is 1. The van der Waals surface area contributed by atoms with Crippen LogP contribution in [0.2, 0.25) is 0 Å². The van der Waals surface area contributed by atoms with Crippen LogP contribution in [0.25, 0.3) is 0 Å². The van der Waals surface area contributed by atoms with Crippen molar-refractivity contribution < 1.29 is 0 Å². The Bertz CT molecular complexity index is 735. The predicted molar refractivity (Wildman–Crippen MR) is 102 cm³/mol. The maximum Gasteiger partial charge on any atom is 0.133 e. The molecule has 0 spiro atoms. The van der Waals surface area contributed by atoms with Crippen molar-refractivity contribution in [3.8, 4) is 6.07 Å². The molecule has 5 nitrogen and oxygen atoms in total. The minimum atomic E-state index is 0.268. The van der Waals surface area contributed by atoms with E-state index in [-0.39, 0.29) is 6.04 Å². The third kappa shape index (κ3) is 3.64. The van der Waals surface area contributed by atoms with Crippen LogP contribution in [-0.2, 0) is 6.54 Å². The average Bonchev–Trinajstić information content (AvgIpc) is 2.99. The predicted octanol–water partition coefficient (Wildman–Crippen LogP) is 3.24. The van der Waals surface area contributed by atoms with E-state index < -0.39 is 0 Å². The van der Waals surface area contributed by atoms with E-state index in [0.29, 0.717) is 11.4 Å². The smallest absolute Gasteiger partial charge is 0.133 e. The SMILES string of the molecule is CC[C@@H](C)n1c(C#N)cc(N)c1N1CCN(Cc2ccccc2)CC1. The van der Waals surface area contributed by atoms with E-state index >= 15 is 0 Å². The molecule has 25 heavy (non-hydrogen) atoms. The highest BCUT2D eigenvalue weighted by molar-refractivity contribution is 5.68. The van der Waals surface area contributed by atoms with Gasteiger partial charge in [0.2, 0.25) is 0 Å². The molecule has 1 saturated heterocycles. The summed E-state index contributed by atoms with van der Waals surface area (Å²) in [5.41, 5.74) is 9.00. The van der Waals surface area contributed by atoms with Crippen LogP contribution < -0.4 is 10.6 Å². The Balaban J connectivity index is 1.73. The van der Waals surface area contributed by atoms with Crippen LogP contribution >= 0.6 is 0 Å². The Morgan fingerprint density at radius 3 is 2.44 bits per heavy atom. The van der Waals surface area contributed by atoms with Gasteiger partial charge in [0.1, 0.15) is 17.6 Å². The van der Waals surface area contributed by atoms with Gasteiger partial charge in [-0.2, -0.15) is 5.26 Å². The fourth-order valence-corrected chi connectivity index (χ4v) is 3.54. The molecule has 1 fully saturated rings. The van der Waals surface area contributed by atoms with E-state index in [4.69, 9.17) is 5.73 Å². The van der Waals surface area contributed by atoms with E-state index in [1.165, 1.54) is 5.56 Å². The monoisotopic (exact) mass is 337 g/mol. The number of anilines is 2. The van der Waals surface area contributed by atoms with Crippen molar-refractivity contribution in [2.75, 3.05) is 36.8 Å². The van der Waals surface area contributed by atoms with Crippen molar-refractivity contribution in [1.82, 2.24) is 9.47 Å². The average molecular weight is 337 g/mol. The molecule has 1 atom stereocenters. The maximum absolute atomic E-state index is 9.45. The second-order valence-corrected chi connectivity index (χ2v) is 6.80. The van der Waals surface area contributed by atoms with Crippen LogP contribution in [-0.4, -0.2) is 35.6 Å². The Kier molecular flexibility index (Phi) is 5.30. The van der Waals surface area contributed by atoms with Gasteiger partial charge < -0.3 is 15.2 Å². The fraction of sp³-hybridized carbons (Fsp3) is 0.450. The maximum atomic E-state index is 9.45. The molecule has 2 heterocycles. The van der Waals surface area contributed by atoms with Gasteiger partial charge in [-0.3, -0.25) is 4.90 Å². The second kappa shape index (κ2) is 7.62. The Labute approximate surface area is 150 Å². The Morgan fingerprint density at radius 2 is 1.84 bits per heavy atom. The molecule has 3 rings (SSSR count). The first-order chi connectivity index (χ1) is 12.1. The van der Waals surface area contributed by atoms with E-state index in [2.05, 4.69) is 64.6 Å². The van der Waals surface area contributed by atoms with Crippen molar-refractivity contribution in [3.63, 3.8) is 0 Å². The van der Waals surface area contributed by atoms with Gasteiger partial charge in [-0.25, -0.2) is 0 Å². The zero-order valence-electron chi connectivity index (χ0n) is 15.2. The van der Waals surface area contributed by atoms with Crippen LogP contribution in [0.3, 0.4) is 0 Å². The first kappa shape index (κ1) is 17.4. The molecule has 0 saturated carbocycles. The first-order valence-corrected chi connectivity index (χ1v) is 9.06. The van der Waals surface area contributed by atoms with E-state index in [9.17, 15) is 5.26 Å². The summed E-state index contributed by atoms with van der Waals surface area (Å²) in [7, 11) is 0. The molecule has 1 aliphatic heterocycles. The minimum absolute atomic E-state index is 0.268. The lowest BCUT2D eigenvalue weighted by Crippen LogP contribution is -2.47. The fourth-order valence-electron chi connectivity index (χ4n) is 3.54. The van der Waals surface area contributed by atoms with E-state index in [1.807, 2.05) is 6.07 Å². The van der Waals surface area contributed by atoms with Gasteiger partial charge >= 0.3 is 0 Å². The summed E-state index contributed by atoms with van der Waals surface area (Å²) in [5, 5.41) is 9.45. The molecule has 0 amide bonds. The van der Waals surface area contributed by atoms with Crippen LogP contribution in [0, 0.1) is 11.3 Å². The molecular formula is C20H27N5. The lowest BCUT2D eigenvalue weighted by Gasteiger charge is -2.37. The van der Waals surface area contributed by atoms with Crippen LogP contribution in [0.1, 0.15) is 37.6 Å². The van der Waals surface area contributed by atoms with E-state index in [0.717, 1.165) is 45.0 Å². The minimum Gasteiger partial charge on any atom is -0.396 e. The number of hydrogen-bond acceptors (Lipinski definition) is 4. The number of aromatic nitrogens is 1. The normalized spacial score (nSPS) is 16.6. The number of nitrogens with zero attached hydrogens (tertiary/aromatic N) is 4. The number of rotatable bonds is 5. The van der Waals surface area contributed by atoms with Gasteiger partial charge in [0.25, 0.3) is 0 Å². The molecule has 2 aromatic rings. The summed E-state index contributed by atoms with van der Waals surface area (Å²) >= 11 is 0. The highest BCUT2D eigenvalue weighted by Gasteiger charge is 2.25. The van der Waals surface area contributed by atoms with Crippen LogP contribution in [0.4, 0.5) is 11.5 Å². The molecule has 1 aliphatic rings. The number of nitrogens with two attached hydrogens (primary N) is 1. The highest BCUT2D eigenvalue weighted by Crippen LogP contribution is 2.33. The van der Waals surface area contributed by atoms with Crippen molar-refractivity contribution in [2.24, 2.45) is 0 Å². The lowest BCUT2D eigenvalue weighted by molar-refractivity contribution is 0.248. The molecule has 0 bridgehead atoms. The first-order valence-electron chi connectivity index (χ1n) is 9.06. The molecule has 0 unspecified atom stereocenters.